The summed E-state index contributed by atoms with van der Waals surface area (Å²) < 4.78 is 27.7. The van der Waals surface area contributed by atoms with E-state index in [2.05, 4.69) is 15.4 Å². The van der Waals surface area contributed by atoms with Crippen molar-refractivity contribution in [1.82, 2.24) is 19.1 Å². The molecule has 0 saturated heterocycles. The molecule has 2 aromatic heterocycles. The Morgan fingerprint density at radius 2 is 2.10 bits per heavy atom. The third-order valence-corrected chi connectivity index (χ3v) is 4.65. The second-order valence-corrected chi connectivity index (χ2v) is 6.46. The Kier molecular flexibility index (Phi) is 4.05. The van der Waals surface area contributed by atoms with Crippen molar-refractivity contribution in [1.29, 1.82) is 0 Å². The molecule has 0 fully saturated rings. The minimum Gasteiger partial charge on any atom is -0.373 e. The van der Waals surface area contributed by atoms with E-state index in [0.717, 1.165) is 5.56 Å². The maximum Gasteiger partial charge on any atom is 0.244 e. The highest BCUT2D eigenvalue weighted by molar-refractivity contribution is 7.89. The molecule has 0 radical (unpaired) electrons. The highest BCUT2D eigenvalue weighted by Crippen LogP contribution is 2.16. The highest BCUT2D eigenvalue weighted by Gasteiger charge is 2.21. The maximum absolute atomic E-state index is 12.4. The molecular formula is C12H17N5O2S. The van der Waals surface area contributed by atoms with Crippen LogP contribution in [0.3, 0.4) is 0 Å². The molecule has 0 unspecified atom stereocenters. The lowest BCUT2D eigenvalue weighted by atomic mass is 10.4. The van der Waals surface area contributed by atoms with E-state index in [1.165, 1.54) is 23.6 Å². The second-order valence-electron chi connectivity index (χ2n) is 4.41. The van der Waals surface area contributed by atoms with Crippen molar-refractivity contribution < 1.29 is 8.42 Å². The molecule has 0 saturated carbocycles. The average Bonchev–Trinajstić information content (AvgIpc) is 2.84. The van der Waals surface area contributed by atoms with Crippen LogP contribution in [0, 0.1) is 0 Å². The number of nitrogens with one attached hydrogen (secondary N) is 1. The summed E-state index contributed by atoms with van der Waals surface area (Å²) in [6, 6.07) is 3.17. The van der Waals surface area contributed by atoms with Crippen molar-refractivity contribution in [2.24, 2.45) is 7.05 Å². The molecule has 108 valence electrons. The SMILES string of the molecule is CNc1ccc(S(=O)(=O)N(C)Cc2cnn(C)c2)cn1. The Hall–Kier alpha value is -1.93. The van der Waals surface area contributed by atoms with Crippen LogP contribution in [-0.2, 0) is 23.6 Å². The smallest absolute Gasteiger partial charge is 0.244 e. The fraction of sp³-hybridized carbons (Fsp3) is 0.333. The van der Waals surface area contributed by atoms with E-state index in [4.69, 9.17) is 0 Å². The topological polar surface area (TPSA) is 80.1 Å². The third-order valence-electron chi connectivity index (χ3n) is 2.86. The lowest BCUT2D eigenvalue weighted by Crippen LogP contribution is -2.26. The molecule has 20 heavy (non-hydrogen) atoms. The van der Waals surface area contributed by atoms with Crippen LogP contribution >= 0.6 is 0 Å². The van der Waals surface area contributed by atoms with Crippen molar-refractivity contribution in [3.63, 3.8) is 0 Å². The lowest BCUT2D eigenvalue weighted by Gasteiger charge is -2.16. The third kappa shape index (κ3) is 2.97. The van der Waals surface area contributed by atoms with Gasteiger partial charge in [0.25, 0.3) is 0 Å². The molecule has 8 heteroatoms. The molecule has 1 N–H and O–H groups in total. The van der Waals surface area contributed by atoms with Gasteiger partial charge >= 0.3 is 0 Å². The summed E-state index contributed by atoms with van der Waals surface area (Å²) in [4.78, 5) is 4.19. The maximum atomic E-state index is 12.4. The minimum absolute atomic E-state index is 0.169. The van der Waals surface area contributed by atoms with Crippen molar-refractivity contribution in [3.05, 3.63) is 36.3 Å². The van der Waals surface area contributed by atoms with Crippen LogP contribution in [0.1, 0.15) is 5.56 Å². The Morgan fingerprint density at radius 3 is 2.60 bits per heavy atom. The molecule has 2 aromatic rings. The van der Waals surface area contributed by atoms with E-state index in [1.807, 2.05) is 0 Å². The Bertz CT molecular complexity index is 678. The summed E-state index contributed by atoms with van der Waals surface area (Å²) in [6.07, 6.45) is 4.78. The van der Waals surface area contributed by atoms with Gasteiger partial charge in [-0.2, -0.15) is 9.40 Å². The first kappa shape index (κ1) is 14.5. The van der Waals surface area contributed by atoms with Crippen LogP contribution in [0.4, 0.5) is 5.82 Å². The monoisotopic (exact) mass is 295 g/mol. The van der Waals surface area contributed by atoms with Crippen molar-refractivity contribution in [2.75, 3.05) is 19.4 Å². The fourth-order valence-electron chi connectivity index (χ4n) is 1.76. The lowest BCUT2D eigenvalue weighted by molar-refractivity contribution is 0.466. The summed E-state index contributed by atoms with van der Waals surface area (Å²) in [5, 5.41) is 6.87. The number of anilines is 1. The molecule has 7 nitrogen and oxygen atoms in total. The largest absolute Gasteiger partial charge is 0.373 e. The summed E-state index contributed by atoms with van der Waals surface area (Å²) in [5.41, 5.74) is 0.832. The molecule has 0 bridgehead atoms. The Labute approximate surface area is 118 Å². The van der Waals surface area contributed by atoms with Gasteiger partial charge in [0.05, 0.1) is 6.20 Å². The second kappa shape index (κ2) is 5.59. The van der Waals surface area contributed by atoms with E-state index in [0.29, 0.717) is 5.82 Å². The number of hydrogen-bond donors (Lipinski definition) is 1. The van der Waals surface area contributed by atoms with Gasteiger partial charge in [0.2, 0.25) is 10.0 Å². The zero-order chi connectivity index (χ0) is 14.8. The van der Waals surface area contributed by atoms with Gasteiger partial charge in [0, 0.05) is 45.6 Å². The summed E-state index contributed by atoms with van der Waals surface area (Å²) >= 11 is 0. The van der Waals surface area contributed by atoms with E-state index in [-0.39, 0.29) is 11.4 Å². The summed E-state index contributed by atoms with van der Waals surface area (Å²) in [6.45, 7) is 0.268. The van der Waals surface area contributed by atoms with E-state index >= 15 is 0 Å². The minimum atomic E-state index is -3.55. The van der Waals surface area contributed by atoms with Gasteiger partial charge in [-0.25, -0.2) is 13.4 Å². The quantitative estimate of drug-likeness (QED) is 0.877. The van der Waals surface area contributed by atoms with Crippen LogP contribution in [0.2, 0.25) is 0 Å². The number of nitrogens with zero attached hydrogens (tertiary/aromatic N) is 4. The van der Waals surface area contributed by atoms with Crippen molar-refractivity contribution >= 4 is 15.8 Å². The van der Waals surface area contributed by atoms with Crippen LogP contribution in [-0.4, -0.2) is 41.6 Å². The van der Waals surface area contributed by atoms with Gasteiger partial charge in [0.15, 0.2) is 0 Å². The molecule has 2 heterocycles. The molecule has 0 spiro atoms. The molecule has 0 atom stereocenters. The van der Waals surface area contributed by atoms with Crippen LogP contribution in [0.5, 0.6) is 0 Å². The van der Waals surface area contributed by atoms with Gasteiger partial charge in [-0.1, -0.05) is 0 Å². The predicted molar refractivity (Wildman–Crippen MR) is 75.6 cm³/mol. The summed E-state index contributed by atoms with van der Waals surface area (Å²) in [7, 11) is 1.51. The number of pyridine rings is 1. The van der Waals surface area contributed by atoms with E-state index < -0.39 is 10.0 Å². The zero-order valence-electron chi connectivity index (χ0n) is 11.6. The van der Waals surface area contributed by atoms with E-state index in [9.17, 15) is 8.42 Å². The van der Waals surface area contributed by atoms with Crippen molar-refractivity contribution in [3.8, 4) is 0 Å². The van der Waals surface area contributed by atoms with Gasteiger partial charge in [0.1, 0.15) is 10.7 Å². The molecule has 0 aliphatic carbocycles. The number of sulfonamides is 1. The first-order chi connectivity index (χ1) is 9.43. The number of aromatic nitrogens is 3. The van der Waals surface area contributed by atoms with Gasteiger partial charge in [-0.15, -0.1) is 0 Å². The average molecular weight is 295 g/mol. The fourth-order valence-corrected chi connectivity index (χ4v) is 2.86. The molecule has 0 aliphatic rings. The zero-order valence-corrected chi connectivity index (χ0v) is 12.4. The number of hydrogen-bond acceptors (Lipinski definition) is 5. The number of aryl methyl sites for hydroxylation is 1. The molecule has 0 aliphatic heterocycles. The number of rotatable bonds is 5. The highest BCUT2D eigenvalue weighted by atomic mass is 32.2. The molecular weight excluding hydrogens is 278 g/mol. The first-order valence-corrected chi connectivity index (χ1v) is 7.45. The van der Waals surface area contributed by atoms with Crippen LogP contribution < -0.4 is 5.32 Å². The van der Waals surface area contributed by atoms with Gasteiger partial charge in [-0.05, 0) is 12.1 Å². The standard InChI is InChI=1S/C12H17N5O2S/c1-13-12-5-4-11(7-14-12)20(18,19)17(3)9-10-6-15-16(2)8-10/h4-8H,9H2,1-3H3,(H,13,14). The van der Waals surface area contributed by atoms with Crippen LogP contribution in [0.25, 0.3) is 0 Å². The van der Waals surface area contributed by atoms with Gasteiger partial charge in [-0.3, -0.25) is 4.68 Å². The predicted octanol–water partition coefficient (Wildman–Crippen LogP) is 0.677. The van der Waals surface area contributed by atoms with Gasteiger partial charge < -0.3 is 5.32 Å². The molecule has 2 rings (SSSR count). The Morgan fingerprint density at radius 1 is 1.35 bits per heavy atom. The summed E-state index contributed by atoms with van der Waals surface area (Å²) in [5.74, 6) is 0.624. The molecule has 0 amide bonds. The Balaban J connectivity index is 2.19. The first-order valence-electron chi connectivity index (χ1n) is 6.01. The van der Waals surface area contributed by atoms with E-state index in [1.54, 1.807) is 37.2 Å². The molecule has 0 aromatic carbocycles. The van der Waals surface area contributed by atoms with Crippen LogP contribution in [0.15, 0.2) is 35.6 Å². The normalized spacial score (nSPS) is 11.8. The van der Waals surface area contributed by atoms with Crippen molar-refractivity contribution in [2.45, 2.75) is 11.4 Å².